The van der Waals surface area contributed by atoms with Gasteiger partial charge in [0.25, 0.3) is 5.91 Å². The van der Waals surface area contributed by atoms with Crippen LogP contribution in [0.2, 0.25) is 0 Å². The maximum Gasteiger partial charge on any atom is 0.335 e. The minimum Gasteiger partial charge on any atom is -0.478 e. The number of amides is 1. The Morgan fingerprint density at radius 1 is 1.00 bits per heavy atom. The molecule has 1 fully saturated rings. The molecule has 1 atom stereocenters. The first-order chi connectivity index (χ1) is 12.5. The Balaban J connectivity index is 1.74. The summed E-state index contributed by atoms with van der Waals surface area (Å²) in [4.78, 5) is 38.0. The number of rotatable bonds is 4. The average Bonchev–Trinajstić information content (AvgIpc) is 2.67. The first-order valence-electron chi connectivity index (χ1n) is 8.38. The highest BCUT2D eigenvalue weighted by Crippen LogP contribution is 2.23. The number of carboxylic acids is 1. The zero-order valence-corrected chi connectivity index (χ0v) is 14.0. The van der Waals surface area contributed by atoms with Gasteiger partial charge >= 0.3 is 5.97 Å². The minimum atomic E-state index is -1.09. The molecular weight excluding hydrogens is 337 g/mol. The molecule has 2 aromatic rings. The second-order valence-electron chi connectivity index (χ2n) is 6.35. The van der Waals surface area contributed by atoms with E-state index in [9.17, 15) is 18.8 Å². The molecule has 0 saturated carbocycles. The third kappa shape index (κ3) is 3.79. The van der Waals surface area contributed by atoms with E-state index in [1.54, 1.807) is 11.0 Å². The third-order valence-corrected chi connectivity index (χ3v) is 4.56. The van der Waals surface area contributed by atoms with Crippen LogP contribution < -0.4 is 0 Å². The molecule has 1 amide bonds. The molecule has 0 spiro atoms. The van der Waals surface area contributed by atoms with Crippen molar-refractivity contribution in [1.82, 2.24) is 4.90 Å². The standard InChI is InChI=1S/C20H18FNO4/c21-17-8-6-13(7-9-17)18(23)16-5-2-10-22(12-16)19(24)14-3-1-4-15(11-14)20(25)26/h1,3-4,6-9,11,16H,2,5,10,12H2,(H,25,26). The summed E-state index contributed by atoms with van der Waals surface area (Å²) >= 11 is 0. The molecular formula is C20H18FNO4. The minimum absolute atomic E-state index is 0.0480. The van der Waals surface area contributed by atoms with E-state index in [4.69, 9.17) is 5.11 Å². The fourth-order valence-electron chi connectivity index (χ4n) is 3.19. The van der Waals surface area contributed by atoms with Crippen molar-refractivity contribution < 1.29 is 23.9 Å². The van der Waals surface area contributed by atoms with Crippen LogP contribution in [0, 0.1) is 11.7 Å². The van der Waals surface area contributed by atoms with Crippen LogP contribution >= 0.6 is 0 Å². The van der Waals surface area contributed by atoms with E-state index in [1.807, 2.05) is 0 Å². The lowest BCUT2D eigenvalue weighted by molar-refractivity contribution is 0.0637. The summed E-state index contributed by atoms with van der Waals surface area (Å²) in [6, 6.07) is 11.3. The van der Waals surface area contributed by atoms with Gasteiger partial charge in [-0.25, -0.2) is 9.18 Å². The van der Waals surface area contributed by atoms with E-state index in [1.165, 1.54) is 42.5 Å². The van der Waals surface area contributed by atoms with Gasteiger partial charge in [-0.2, -0.15) is 0 Å². The van der Waals surface area contributed by atoms with Gasteiger partial charge in [-0.15, -0.1) is 0 Å². The molecule has 5 nitrogen and oxygen atoms in total. The normalized spacial score (nSPS) is 17.0. The Kier molecular flexibility index (Phi) is 5.11. The zero-order chi connectivity index (χ0) is 18.7. The summed E-state index contributed by atoms with van der Waals surface area (Å²) < 4.78 is 13.0. The third-order valence-electron chi connectivity index (χ3n) is 4.56. The molecule has 1 aliphatic rings. The van der Waals surface area contributed by atoms with E-state index in [0.29, 0.717) is 30.5 Å². The predicted octanol–water partition coefficient (Wildman–Crippen LogP) is 3.26. The lowest BCUT2D eigenvalue weighted by atomic mass is 9.89. The highest BCUT2D eigenvalue weighted by molar-refractivity contribution is 6.00. The molecule has 134 valence electrons. The van der Waals surface area contributed by atoms with Crippen molar-refractivity contribution in [3.8, 4) is 0 Å². The number of piperidine rings is 1. The van der Waals surface area contributed by atoms with Gasteiger partial charge in [-0.1, -0.05) is 6.07 Å². The van der Waals surface area contributed by atoms with Crippen molar-refractivity contribution >= 4 is 17.7 Å². The number of hydrogen-bond donors (Lipinski definition) is 1. The van der Waals surface area contributed by atoms with Gasteiger partial charge in [0.05, 0.1) is 5.56 Å². The number of halogens is 1. The molecule has 0 bridgehead atoms. The Hall–Kier alpha value is -3.02. The quantitative estimate of drug-likeness (QED) is 0.854. The van der Waals surface area contributed by atoms with Gasteiger partial charge in [-0.3, -0.25) is 9.59 Å². The first kappa shape index (κ1) is 17.8. The molecule has 0 radical (unpaired) electrons. The molecule has 3 rings (SSSR count). The SMILES string of the molecule is O=C(O)c1cccc(C(=O)N2CCCC(C(=O)c3ccc(F)cc3)C2)c1. The van der Waals surface area contributed by atoms with Crippen LogP contribution in [-0.4, -0.2) is 40.8 Å². The summed E-state index contributed by atoms with van der Waals surface area (Å²) in [6.07, 6.45) is 1.34. The van der Waals surface area contributed by atoms with E-state index in [0.717, 1.165) is 0 Å². The summed E-state index contributed by atoms with van der Waals surface area (Å²) in [6.45, 7) is 0.787. The largest absolute Gasteiger partial charge is 0.478 e. The van der Waals surface area contributed by atoms with Crippen molar-refractivity contribution in [2.24, 2.45) is 5.92 Å². The van der Waals surface area contributed by atoms with Crippen molar-refractivity contribution in [2.75, 3.05) is 13.1 Å². The molecule has 1 saturated heterocycles. The molecule has 1 aliphatic heterocycles. The van der Waals surface area contributed by atoms with Crippen LogP contribution in [0.25, 0.3) is 0 Å². The van der Waals surface area contributed by atoms with Crippen LogP contribution in [0.4, 0.5) is 4.39 Å². The number of likely N-dealkylation sites (tertiary alicyclic amines) is 1. The van der Waals surface area contributed by atoms with Crippen LogP contribution in [0.1, 0.15) is 43.9 Å². The van der Waals surface area contributed by atoms with Crippen molar-refractivity contribution in [3.63, 3.8) is 0 Å². The maximum atomic E-state index is 13.0. The van der Waals surface area contributed by atoms with E-state index in [2.05, 4.69) is 0 Å². The van der Waals surface area contributed by atoms with Gasteiger partial charge in [-0.05, 0) is 55.3 Å². The van der Waals surface area contributed by atoms with Gasteiger partial charge in [0.1, 0.15) is 5.82 Å². The van der Waals surface area contributed by atoms with E-state index >= 15 is 0 Å². The van der Waals surface area contributed by atoms with Crippen molar-refractivity contribution in [2.45, 2.75) is 12.8 Å². The summed E-state index contributed by atoms with van der Waals surface area (Å²) in [7, 11) is 0. The number of carbonyl (C=O) groups excluding carboxylic acids is 2. The lowest BCUT2D eigenvalue weighted by Crippen LogP contribution is -2.42. The molecule has 0 aliphatic carbocycles. The molecule has 1 unspecified atom stereocenters. The fraction of sp³-hybridized carbons (Fsp3) is 0.250. The van der Waals surface area contributed by atoms with Crippen LogP contribution in [0.3, 0.4) is 0 Å². The predicted molar refractivity (Wildman–Crippen MR) is 92.8 cm³/mol. The number of Topliss-reactive ketones (excluding diaryl/α,β-unsaturated/α-hetero) is 1. The smallest absolute Gasteiger partial charge is 0.335 e. The highest BCUT2D eigenvalue weighted by atomic mass is 19.1. The second kappa shape index (κ2) is 7.47. The summed E-state index contributed by atoms with van der Waals surface area (Å²) in [5.74, 6) is -2.24. The Morgan fingerprint density at radius 3 is 2.38 bits per heavy atom. The van der Waals surface area contributed by atoms with Crippen molar-refractivity contribution in [3.05, 3.63) is 71.0 Å². The van der Waals surface area contributed by atoms with Gasteiger partial charge in [0.2, 0.25) is 0 Å². The zero-order valence-electron chi connectivity index (χ0n) is 14.0. The maximum absolute atomic E-state index is 13.0. The molecule has 2 aromatic carbocycles. The monoisotopic (exact) mass is 355 g/mol. The molecule has 0 aromatic heterocycles. The fourth-order valence-corrected chi connectivity index (χ4v) is 3.19. The lowest BCUT2D eigenvalue weighted by Gasteiger charge is -2.32. The number of carbonyl (C=O) groups is 3. The summed E-state index contributed by atoms with van der Waals surface area (Å²) in [5, 5.41) is 9.07. The Bertz CT molecular complexity index is 847. The van der Waals surface area contributed by atoms with Gasteiger partial charge in [0.15, 0.2) is 5.78 Å². The van der Waals surface area contributed by atoms with Crippen LogP contribution in [0.5, 0.6) is 0 Å². The number of ketones is 1. The molecule has 1 N–H and O–H groups in total. The van der Waals surface area contributed by atoms with Gasteiger partial charge < -0.3 is 10.0 Å². The highest BCUT2D eigenvalue weighted by Gasteiger charge is 2.29. The number of benzene rings is 2. The Labute approximate surface area is 150 Å². The summed E-state index contributed by atoms with van der Waals surface area (Å²) in [5.41, 5.74) is 0.769. The molecule has 1 heterocycles. The van der Waals surface area contributed by atoms with E-state index < -0.39 is 11.8 Å². The number of hydrogen-bond acceptors (Lipinski definition) is 3. The first-order valence-corrected chi connectivity index (χ1v) is 8.38. The topological polar surface area (TPSA) is 74.7 Å². The average molecular weight is 355 g/mol. The number of nitrogens with zero attached hydrogens (tertiary/aromatic N) is 1. The van der Waals surface area contributed by atoms with Crippen molar-refractivity contribution in [1.29, 1.82) is 0 Å². The molecule has 26 heavy (non-hydrogen) atoms. The van der Waals surface area contributed by atoms with Crippen LogP contribution in [0.15, 0.2) is 48.5 Å². The number of aromatic carboxylic acids is 1. The van der Waals surface area contributed by atoms with Gasteiger partial charge in [0, 0.05) is 30.1 Å². The van der Waals surface area contributed by atoms with E-state index in [-0.39, 0.29) is 29.7 Å². The molecule has 6 heteroatoms. The Morgan fingerprint density at radius 2 is 1.69 bits per heavy atom. The van der Waals surface area contributed by atoms with Crippen LogP contribution in [-0.2, 0) is 0 Å². The number of carboxylic acid groups (broad SMARTS) is 1. The second-order valence-corrected chi connectivity index (χ2v) is 6.35.